The zero-order chi connectivity index (χ0) is 22.7. The van der Waals surface area contributed by atoms with E-state index < -0.39 is 11.9 Å². The number of amides is 3. The van der Waals surface area contributed by atoms with E-state index in [1.165, 1.54) is 31.4 Å². The molecule has 0 radical (unpaired) electrons. The lowest BCUT2D eigenvalue weighted by Gasteiger charge is -2.48. The van der Waals surface area contributed by atoms with Crippen LogP contribution in [0.5, 0.6) is 5.75 Å². The van der Waals surface area contributed by atoms with Crippen LogP contribution >= 0.6 is 0 Å². The van der Waals surface area contributed by atoms with Crippen molar-refractivity contribution in [3.05, 3.63) is 59.9 Å². The van der Waals surface area contributed by atoms with Gasteiger partial charge in [-0.15, -0.1) is 0 Å². The molecule has 2 aromatic rings. The zero-order valence-electron chi connectivity index (χ0n) is 17.8. The summed E-state index contributed by atoms with van der Waals surface area (Å²) in [5.41, 5.74) is 0.834. The molecule has 8 heteroatoms. The molecular formula is C24H26FN3O4. The summed E-state index contributed by atoms with van der Waals surface area (Å²) in [6.45, 7) is 0. The van der Waals surface area contributed by atoms with E-state index in [2.05, 4.69) is 10.6 Å². The molecule has 2 aliphatic rings. The molecule has 0 unspecified atom stereocenters. The molecule has 2 fully saturated rings. The summed E-state index contributed by atoms with van der Waals surface area (Å²) in [7, 11) is 1.53. The quantitative estimate of drug-likeness (QED) is 0.750. The summed E-state index contributed by atoms with van der Waals surface area (Å²) in [4.78, 5) is 40.8. The lowest BCUT2D eigenvalue weighted by molar-refractivity contribution is -0.135. The number of fused-ring (bicyclic) bond motifs is 1. The Morgan fingerprint density at radius 3 is 2.66 bits per heavy atom. The summed E-state index contributed by atoms with van der Waals surface area (Å²) in [6, 6.07) is 10.9. The number of carbonyl (C=O) groups is 3. The van der Waals surface area contributed by atoms with Gasteiger partial charge in [-0.2, -0.15) is 0 Å². The van der Waals surface area contributed by atoms with E-state index in [0.29, 0.717) is 17.0 Å². The smallest absolute Gasteiger partial charge is 0.254 e. The van der Waals surface area contributed by atoms with E-state index in [1.54, 1.807) is 29.2 Å². The van der Waals surface area contributed by atoms with Crippen LogP contribution in [-0.4, -0.2) is 47.9 Å². The number of halogens is 1. The third-order valence-electron chi connectivity index (χ3n) is 6.11. The third-order valence-corrected chi connectivity index (χ3v) is 6.11. The number of hydrogen-bond acceptors (Lipinski definition) is 4. The van der Waals surface area contributed by atoms with Crippen molar-refractivity contribution in [2.45, 2.75) is 50.2 Å². The van der Waals surface area contributed by atoms with Crippen LogP contribution in [0.1, 0.15) is 42.5 Å². The Hall–Kier alpha value is -3.42. The van der Waals surface area contributed by atoms with Gasteiger partial charge in [0.2, 0.25) is 11.8 Å². The molecule has 1 aliphatic heterocycles. The third kappa shape index (κ3) is 4.59. The average Bonchev–Trinajstić information content (AvgIpc) is 2.79. The van der Waals surface area contributed by atoms with E-state index in [9.17, 15) is 18.8 Å². The molecule has 2 N–H and O–H groups in total. The van der Waals surface area contributed by atoms with E-state index in [4.69, 9.17) is 4.74 Å². The maximum absolute atomic E-state index is 13.4. The van der Waals surface area contributed by atoms with Gasteiger partial charge in [0.25, 0.3) is 5.91 Å². The van der Waals surface area contributed by atoms with Crippen molar-refractivity contribution in [2.24, 2.45) is 0 Å². The standard InChI is InChI=1S/C24H26FN3O4/c1-32-18-6-4-5-17(13-18)26-22(29)14-21-23(30)27-19-7-2-3-8-20(19)28(21)24(31)15-9-11-16(25)12-10-15/h4-6,9-13,19-21H,2-3,7-8,14H2,1H3,(H,26,29)(H,27,30)/t19-,20+,21-/m1/s1. The van der Waals surface area contributed by atoms with E-state index >= 15 is 0 Å². The molecule has 4 rings (SSSR count). The number of nitrogens with one attached hydrogen (secondary N) is 2. The maximum atomic E-state index is 13.4. The number of nitrogens with zero attached hydrogens (tertiary/aromatic N) is 1. The summed E-state index contributed by atoms with van der Waals surface area (Å²) in [5, 5.41) is 5.79. The van der Waals surface area contributed by atoms with Gasteiger partial charge in [0.1, 0.15) is 17.6 Å². The Bertz CT molecular complexity index is 1010. The van der Waals surface area contributed by atoms with Gasteiger partial charge >= 0.3 is 0 Å². The molecule has 7 nitrogen and oxygen atoms in total. The van der Waals surface area contributed by atoms with Gasteiger partial charge in [-0.05, 0) is 49.2 Å². The minimum Gasteiger partial charge on any atom is -0.497 e. The lowest BCUT2D eigenvalue weighted by atomic mass is 9.84. The Morgan fingerprint density at radius 1 is 1.16 bits per heavy atom. The highest BCUT2D eigenvalue weighted by molar-refractivity contribution is 6.01. The number of carbonyl (C=O) groups excluding carboxylic acids is 3. The first-order valence-corrected chi connectivity index (χ1v) is 10.8. The van der Waals surface area contributed by atoms with Crippen LogP contribution < -0.4 is 15.4 Å². The van der Waals surface area contributed by atoms with Crippen molar-refractivity contribution in [2.75, 3.05) is 12.4 Å². The molecule has 1 saturated carbocycles. The molecular weight excluding hydrogens is 413 g/mol. The fraction of sp³-hybridized carbons (Fsp3) is 0.375. The molecule has 0 spiro atoms. The molecule has 1 saturated heterocycles. The molecule has 1 aliphatic carbocycles. The Kier molecular flexibility index (Phi) is 6.39. The van der Waals surface area contributed by atoms with Gasteiger partial charge in [0, 0.05) is 23.4 Å². The van der Waals surface area contributed by atoms with Crippen LogP contribution in [0.3, 0.4) is 0 Å². The predicted octanol–water partition coefficient (Wildman–Crippen LogP) is 3.11. The molecule has 168 valence electrons. The fourth-order valence-corrected chi connectivity index (χ4v) is 4.56. The fourth-order valence-electron chi connectivity index (χ4n) is 4.56. The van der Waals surface area contributed by atoms with Gasteiger partial charge in [0.15, 0.2) is 0 Å². The second-order valence-electron chi connectivity index (χ2n) is 8.19. The number of hydrogen-bond donors (Lipinski definition) is 2. The van der Waals surface area contributed by atoms with Crippen molar-refractivity contribution in [3.63, 3.8) is 0 Å². The summed E-state index contributed by atoms with van der Waals surface area (Å²) in [6.07, 6.45) is 3.26. The minimum atomic E-state index is -0.947. The van der Waals surface area contributed by atoms with Crippen molar-refractivity contribution < 1.29 is 23.5 Å². The number of piperazine rings is 1. The number of rotatable bonds is 5. The average molecular weight is 439 g/mol. The van der Waals surface area contributed by atoms with Gasteiger partial charge < -0.3 is 20.3 Å². The van der Waals surface area contributed by atoms with E-state index in [0.717, 1.165) is 25.7 Å². The minimum absolute atomic E-state index is 0.140. The highest BCUT2D eigenvalue weighted by atomic mass is 19.1. The summed E-state index contributed by atoms with van der Waals surface area (Å²) >= 11 is 0. The number of ether oxygens (including phenoxy) is 1. The Labute approximate surface area is 185 Å². The largest absolute Gasteiger partial charge is 0.497 e. The van der Waals surface area contributed by atoms with Crippen molar-refractivity contribution in [1.82, 2.24) is 10.2 Å². The Balaban J connectivity index is 1.58. The van der Waals surface area contributed by atoms with Crippen LogP contribution in [0.25, 0.3) is 0 Å². The number of benzene rings is 2. The molecule has 0 aromatic heterocycles. The summed E-state index contributed by atoms with van der Waals surface area (Å²) < 4.78 is 18.6. The second kappa shape index (κ2) is 9.38. The molecule has 3 amide bonds. The van der Waals surface area contributed by atoms with Crippen LogP contribution in [0.2, 0.25) is 0 Å². The van der Waals surface area contributed by atoms with E-state index in [1.807, 2.05) is 0 Å². The van der Waals surface area contributed by atoms with Crippen LogP contribution in [0.15, 0.2) is 48.5 Å². The molecule has 32 heavy (non-hydrogen) atoms. The predicted molar refractivity (Wildman–Crippen MR) is 117 cm³/mol. The van der Waals surface area contributed by atoms with Gasteiger partial charge in [-0.3, -0.25) is 14.4 Å². The van der Waals surface area contributed by atoms with Gasteiger partial charge in [-0.25, -0.2) is 4.39 Å². The first kappa shape index (κ1) is 21.8. The molecule has 3 atom stereocenters. The lowest BCUT2D eigenvalue weighted by Crippen LogP contribution is -2.68. The monoisotopic (exact) mass is 439 g/mol. The normalized spacial score (nSPS) is 22.5. The highest BCUT2D eigenvalue weighted by Gasteiger charge is 2.46. The van der Waals surface area contributed by atoms with Gasteiger partial charge in [-0.1, -0.05) is 18.9 Å². The molecule has 0 bridgehead atoms. The number of methoxy groups -OCH3 is 1. The first-order valence-electron chi connectivity index (χ1n) is 10.8. The van der Waals surface area contributed by atoms with Crippen molar-refractivity contribution in [1.29, 1.82) is 0 Å². The second-order valence-corrected chi connectivity index (χ2v) is 8.19. The maximum Gasteiger partial charge on any atom is 0.254 e. The van der Waals surface area contributed by atoms with E-state index in [-0.39, 0.29) is 36.2 Å². The summed E-state index contributed by atoms with van der Waals surface area (Å²) in [5.74, 6) is -0.941. The van der Waals surface area contributed by atoms with Crippen LogP contribution in [0.4, 0.5) is 10.1 Å². The van der Waals surface area contributed by atoms with Crippen LogP contribution in [-0.2, 0) is 9.59 Å². The zero-order valence-corrected chi connectivity index (χ0v) is 17.8. The van der Waals surface area contributed by atoms with Gasteiger partial charge in [0.05, 0.1) is 19.6 Å². The SMILES string of the molecule is COc1cccc(NC(=O)C[C@@H]2C(=O)N[C@@H]3CCCC[C@@H]3N2C(=O)c2ccc(F)cc2)c1. The molecule has 1 heterocycles. The van der Waals surface area contributed by atoms with Crippen molar-refractivity contribution >= 4 is 23.4 Å². The highest BCUT2D eigenvalue weighted by Crippen LogP contribution is 2.31. The number of anilines is 1. The Morgan fingerprint density at radius 2 is 1.91 bits per heavy atom. The first-order chi connectivity index (χ1) is 15.5. The van der Waals surface area contributed by atoms with Crippen molar-refractivity contribution in [3.8, 4) is 5.75 Å². The topological polar surface area (TPSA) is 87.7 Å². The molecule has 2 aromatic carbocycles. The van der Waals surface area contributed by atoms with Crippen LogP contribution in [0, 0.1) is 5.82 Å².